The largest absolute Gasteiger partial charge is 0.507 e. The fourth-order valence-corrected chi connectivity index (χ4v) is 1.99. The Labute approximate surface area is 136 Å². The van der Waals surface area contributed by atoms with Crippen molar-refractivity contribution in [1.82, 2.24) is 0 Å². The number of allylic oxidation sites excluding steroid dienone is 1. The van der Waals surface area contributed by atoms with Gasteiger partial charge in [-0.25, -0.2) is 0 Å². The number of hydrogen-bond donors (Lipinski definition) is 1. The number of hydrogen-bond acceptors (Lipinski definition) is 3. The minimum Gasteiger partial charge on any atom is -0.507 e. The van der Waals surface area contributed by atoms with E-state index in [2.05, 4.69) is 0 Å². The second-order valence-electron chi connectivity index (χ2n) is 5.00. The van der Waals surface area contributed by atoms with Crippen LogP contribution in [0, 0.1) is 0 Å². The van der Waals surface area contributed by atoms with Gasteiger partial charge in [0.25, 0.3) is 0 Å². The number of carbonyl (C=O) groups excluding carboxylic acids is 1. The number of aliphatic hydroxyl groups is 1. The number of ether oxygens (including phenoxy) is 1. The fraction of sp³-hybridized carbons (Fsp3) is 0.150. The Bertz CT molecular complexity index is 658. The lowest BCUT2D eigenvalue weighted by atomic mass is 10.1. The SMILES string of the molecule is O=C(C=C(O)c1ccccc1)CCOC/C=C/c1ccccc1. The summed E-state index contributed by atoms with van der Waals surface area (Å²) < 4.78 is 5.39. The van der Waals surface area contributed by atoms with Crippen LogP contribution < -0.4 is 0 Å². The number of aliphatic hydroxyl groups excluding tert-OH is 1. The van der Waals surface area contributed by atoms with Gasteiger partial charge < -0.3 is 9.84 Å². The Morgan fingerprint density at radius 3 is 2.35 bits per heavy atom. The smallest absolute Gasteiger partial charge is 0.161 e. The fourth-order valence-electron chi connectivity index (χ4n) is 1.99. The predicted molar refractivity (Wildman–Crippen MR) is 93.0 cm³/mol. The number of carbonyl (C=O) groups is 1. The van der Waals surface area contributed by atoms with Gasteiger partial charge in [-0.1, -0.05) is 72.8 Å². The third-order valence-electron chi connectivity index (χ3n) is 3.18. The van der Waals surface area contributed by atoms with E-state index >= 15 is 0 Å². The van der Waals surface area contributed by atoms with Crippen molar-refractivity contribution in [2.75, 3.05) is 13.2 Å². The Kier molecular flexibility index (Phi) is 6.82. The summed E-state index contributed by atoms with van der Waals surface area (Å²) in [7, 11) is 0. The molecule has 0 aromatic heterocycles. The van der Waals surface area contributed by atoms with Gasteiger partial charge in [0.1, 0.15) is 5.76 Å². The maximum atomic E-state index is 11.7. The Morgan fingerprint density at radius 1 is 1.00 bits per heavy atom. The minimum atomic E-state index is -0.154. The first kappa shape index (κ1) is 16.7. The number of benzene rings is 2. The molecule has 118 valence electrons. The van der Waals surface area contributed by atoms with Crippen LogP contribution in [0.3, 0.4) is 0 Å². The van der Waals surface area contributed by atoms with Crippen molar-refractivity contribution in [2.45, 2.75) is 6.42 Å². The summed E-state index contributed by atoms with van der Waals surface area (Å²) in [4.78, 5) is 11.7. The van der Waals surface area contributed by atoms with Crippen LogP contribution in [0.1, 0.15) is 17.5 Å². The maximum absolute atomic E-state index is 11.7. The van der Waals surface area contributed by atoms with Gasteiger partial charge in [-0.05, 0) is 5.56 Å². The lowest BCUT2D eigenvalue weighted by Gasteiger charge is -2.01. The summed E-state index contributed by atoms with van der Waals surface area (Å²) in [6.45, 7) is 0.785. The van der Waals surface area contributed by atoms with Gasteiger partial charge in [-0.3, -0.25) is 4.79 Å². The first-order chi connectivity index (χ1) is 11.3. The highest BCUT2D eigenvalue weighted by Gasteiger charge is 2.02. The molecule has 0 spiro atoms. The standard InChI is InChI=1S/C20H20O3/c21-19(16-20(22)18-11-5-2-6-12-18)13-15-23-14-7-10-17-8-3-1-4-9-17/h1-12,16,22H,13-15H2/b10-7+,20-16?. The van der Waals surface area contributed by atoms with Crippen LogP contribution in [0.15, 0.2) is 72.8 Å². The van der Waals surface area contributed by atoms with Gasteiger partial charge in [0, 0.05) is 18.1 Å². The molecular formula is C20H20O3. The van der Waals surface area contributed by atoms with E-state index in [1.165, 1.54) is 6.08 Å². The average Bonchev–Trinajstić information content (AvgIpc) is 2.59. The Hall–Kier alpha value is -2.65. The second-order valence-corrected chi connectivity index (χ2v) is 5.00. The van der Waals surface area contributed by atoms with Gasteiger partial charge >= 0.3 is 0 Å². The first-order valence-corrected chi connectivity index (χ1v) is 7.54. The zero-order valence-electron chi connectivity index (χ0n) is 12.9. The van der Waals surface area contributed by atoms with Crippen molar-refractivity contribution in [2.24, 2.45) is 0 Å². The summed E-state index contributed by atoms with van der Waals surface area (Å²) >= 11 is 0. The molecule has 0 saturated carbocycles. The van der Waals surface area contributed by atoms with Crippen molar-refractivity contribution in [3.05, 3.63) is 83.9 Å². The predicted octanol–water partition coefficient (Wildman–Crippen LogP) is 4.27. The molecule has 1 N–H and O–H groups in total. The summed E-state index contributed by atoms with van der Waals surface area (Å²) in [6.07, 6.45) is 5.38. The van der Waals surface area contributed by atoms with Gasteiger partial charge in [0.05, 0.1) is 13.2 Å². The third kappa shape index (κ3) is 6.32. The van der Waals surface area contributed by atoms with Crippen molar-refractivity contribution in [1.29, 1.82) is 0 Å². The van der Waals surface area contributed by atoms with E-state index in [0.29, 0.717) is 18.8 Å². The van der Waals surface area contributed by atoms with Crippen molar-refractivity contribution in [3.63, 3.8) is 0 Å². The van der Waals surface area contributed by atoms with Crippen LogP contribution in [-0.4, -0.2) is 24.1 Å². The maximum Gasteiger partial charge on any atom is 0.161 e. The van der Waals surface area contributed by atoms with Gasteiger partial charge in [-0.15, -0.1) is 0 Å². The molecule has 0 aliphatic carbocycles. The average molecular weight is 308 g/mol. The lowest BCUT2D eigenvalue weighted by Crippen LogP contribution is -2.02. The summed E-state index contributed by atoms with van der Waals surface area (Å²) in [5, 5.41) is 9.85. The van der Waals surface area contributed by atoms with E-state index in [9.17, 15) is 9.90 Å². The van der Waals surface area contributed by atoms with Gasteiger partial charge in [0.15, 0.2) is 5.78 Å². The van der Waals surface area contributed by atoms with Crippen LogP contribution in [0.5, 0.6) is 0 Å². The zero-order chi connectivity index (χ0) is 16.3. The second kappa shape index (κ2) is 9.38. The third-order valence-corrected chi connectivity index (χ3v) is 3.18. The Morgan fingerprint density at radius 2 is 1.65 bits per heavy atom. The highest BCUT2D eigenvalue weighted by Crippen LogP contribution is 2.10. The minimum absolute atomic E-state index is 0.0143. The van der Waals surface area contributed by atoms with Crippen molar-refractivity contribution in [3.8, 4) is 0 Å². The molecular weight excluding hydrogens is 288 g/mol. The van der Waals surface area contributed by atoms with Crippen LogP contribution in [0.4, 0.5) is 0 Å². The molecule has 0 atom stereocenters. The molecule has 0 saturated heterocycles. The summed E-state index contributed by atoms with van der Waals surface area (Å²) in [5.41, 5.74) is 1.75. The molecule has 3 nitrogen and oxygen atoms in total. The van der Waals surface area contributed by atoms with Gasteiger partial charge in [0.2, 0.25) is 0 Å². The van der Waals surface area contributed by atoms with E-state index in [4.69, 9.17) is 4.74 Å². The first-order valence-electron chi connectivity index (χ1n) is 7.54. The molecule has 2 aromatic rings. The molecule has 0 bridgehead atoms. The molecule has 0 heterocycles. The van der Waals surface area contributed by atoms with Crippen LogP contribution >= 0.6 is 0 Å². The summed E-state index contributed by atoms with van der Waals surface area (Å²) in [5.74, 6) is -0.169. The highest BCUT2D eigenvalue weighted by atomic mass is 16.5. The van der Waals surface area contributed by atoms with Crippen molar-refractivity contribution >= 4 is 17.6 Å². The van der Waals surface area contributed by atoms with Crippen LogP contribution in [0.25, 0.3) is 11.8 Å². The van der Waals surface area contributed by atoms with E-state index in [1.807, 2.05) is 60.7 Å². The lowest BCUT2D eigenvalue weighted by molar-refractivity contribution is -0.115. The molecule has 0 aliphatic rings. The quantitative estimate of drug-likeness (QED) is 0.450. The number of ketones is 1. The van der Waals surface area contributed by atoms with Crippen molar-refractivity contribution < 1.29 is 14.6 Å². The zero-order valence-corrected chi connectivity index (χ0v) is 12.9. The number of rotatable bonds is 8. The van der Waals surface area contributed by atoms with E-state index in [0.717, 1.165) is 5.56 Å². The monoisotopic (exact) mass is 308 g/mol. The molecule has 2 rings (SSSR count). The molecule has 0 fully saturated rings. The van der Waals surface area contributed by atoms with E-state index < -0.39 is 0 Å². The van der Waals surface area contributed by atoms with E-state index in [-0.39, 0.29) is 18.0 Å². The molecule has 2 aromatic carbocycles. The van der Waals surface area contributed by atoms with Crippen LogP contribution in [-0.2, 0) is 9.53 Å². The van der Waals surface area contributed by atoms with Gasteiger partial charge in [-0.2, -0.15) is 0 Å². The highest BCUT2D eigenvalue weighted by molar-refractivity contribution is 5.95. The molecule has 0 amide bonds. The topological polar surface area (TPSA) is 46.5 Å². The Balaban J connectivity index is 1.68. The molecule has 3 heteroatoms. The summed E-state index contributed by atoms with van der Waals surface area (Å²) in [6, 6.07) is 18.9. The van der Waals surface area contributed by atoms with E-state index in [1.54, 1.807) is 12.1 Å². The molecule has 23 heavy (non-hydrogen) atoms. The molecule has 0 unspecified atom stereocenters. The molecule has 0 aliphatic heterocycles. The normalized spacial score (nSPS) is 11.7. The van der Waals surface area contributed by atoms with Crippen LogP contribution in [0.2, 0.25) is 0 Å². The molecule has 0 radical (unpaired) electrons.